The lowest BCUT2D eigenvalue weighted by atomic mass is 9.87. The van der Waals surface area contributed by atoms with Crippen molar-refractivity contribution in [1.29, 1.82) is 0 Å². The Morgan fingerprint density at radius 2 is 2.11 bits per heavy atom. The van der Waals surface area contributed by atoms with Crippen molar-refractivity contribution in [2.24, 2.45) is 0 Å². The summed E-state index contributed by atoms with van der Waals surface area (Å²) in [5.74, 6) is 0. The minimum Gasteiger partial charge on any atom is -0.308 e. The number of nitrogens with zero attached hydrogens (tertiary/aromatic N) is 1. The molecule has 19 heavy (non-hydrogen) atoms. The van der Waals surface area contributed by atoms with Crippen LogP contribution < -0.4 is 5.32 Å². The second kappa shape index (κ2) is 5.19. The maximum Gasteiger partial charge on any atom is 0.0309 e. The fraction of sp³-hybridized carbons (Fsp3) is 0.750. The molecular weight excluding hydrogens is 252 g/mol. The lowest BCUT2D eigenvalue weighted by Crippen LogP contribution is -2.67. The van der Waals surface area contributed by atoms with E-state index in [2.05, 4.69) is 40.9 Å². The molecule has 1 aliphatic carbocycles. The second-order valence-corrected chi connectivity index (χ2v) is 7.74. The van der Waals surface area contributed by atoms with E-state index in [1.54, 1.807) is 0 Å². The molecule has 1 N–H and O–H groups in total. The third-order valence-corrected chi connectivity index (χ3v) is 5.79. The fourth-order valence-corrected chi connectivity index (χ4v) is 4.32. The van der Waals surface area contributed by atoms with Crippen LogP contribution in [0.5, 0.6) is 0 Å². The van der Waals surface area contributed by atoms with Crippen LogP contribution in [0.1, 0.15) is 45.1 Å². The predicted octanol–water partition coefficient (Wildman–Crippen LogP) is 3.29. The van der Waals surface area contributed by atoms with Gasteiger partial charge in [-0.15, -0.1) is 0 Å². The van der Waals surface area contributed by atoms with Gasteiger partial charge < -0.3 is 5.32 Å². The number of hydrogen-bond donors (Lipinski definition) is 1. The third-order valence-electron chi connectivity index (χ3n) is 5.06. The molecular formula is C16H26N2S. The first-order valence-corrected chi connectivity index (χ1v) is 8.55. The average Bonchev–Trinajstić information content (AvgIpc) is 3.03. The van der Waals surface area contributed by atoms with Crippen LogP contribution in [0.2, 0.25) is 0 Å². The molecule has 1 aromatic rings. The molecule has 2 heterocycles. The summed E-state index contributed by atoms with van der Waals surface area (Å²) >= 11 is 1.81. The molecule has 0 radical (unpaired) electrons. The number of nitrogens with one attached hydrogen (secondary N) is 1. The lowest BCUT2D eigenvalue weighted by molar-refractivity contribution is 0.0294. The molecule has 0 aromatic carbocycles. The molecule has 0 unspecified atom stereocenters. The number of thiophene rings is 1. The molecule has 2 nitrogen and oxygen atoms in total. The first kappa shape index (κ1) is 13.6. The molecule has 1 aliphatic heterocycles. The van der Waals surface area contributed by atoms with Crippen molar-refractivity contribution in [3.05, 3.63) is 22.4 Å². The van der Waals surface area contributed by atoms with Crippen molar-refractivity contribution in [1.82, 2.24) is 10.2 Å². The maximum atomic E-state index is 3.87. The second-order valence-electron chi connectivity index (χ2n) is 6.96. The summed E-state index contributed by atoms with van der Waals surface area (Å²) in [4.78, 5) is 2.73. The van der Waals surface area contributed by atoms with Gasteiger partial charge in [0, 0.05) is 30.7 Å². The van der Waals surface area contributed by atoms with Gasteiger partial charge in [-0.05, 0) is 55.5 Å². The molecule has 0 atom stereocenters. The molecule has 1 saturated heterocycles. The fourth-order valence-electron chi connectivity index (χ4n) is 3.62. The molecule has 2 aliphatic rings. The Labute approximate surface area is 121 Å². The predicted molar refractivity (Wildman–Crippen MR) is 82.9 cm³/mol. The third kappa shape index (κ3) is 2.88. The van der Waals surface area contributed by atoms with Gasteiger partial charge in [0.15, 0.2) is 0 Å². The zero-order valence-corrected chi connectivity index (χ0v) is 13.1. The summed E-state index contributed by atoms with van der Waals surface area (Å²) < 4.78 is 0. The van der Waals surface area contributed by atoms with Gasteiger partial charge in [0.25, 0.3) is 0 Å². The highest BCUT2D eigenvalue weighted by atomic mass is 32.1. The first-order chi connectivity index (χ1) is 9.10. The van der Waals surface area contributed by atoms with E-state index < -0.39 is 0 Å². The van der Waals surface area contributed by atoms with Crippen molar-refractivity contribution in [2.45, 2.75) is 57.0 Å². The summed E-state index contributed by atoms with van der Waals surface area (Å²) in [5.41, 5.74) is 2.23. The Hall–Kier alpha value is -0.380. The van der Waals surface area contributed by atoms with E-state index in [9.17, 15) is 0 Å². The molecule has 3 heteroatoms. The molecule has 1 spiro atoms. The zero-order chi connectivity index (χ0) is 13.3. The van der Waals surface area contributed by atoms with Crippen molar-refractivity contribution in [3.63, 3.8) is 0 Å². The van der Waals surface area contributed by atoms with Gasteiger partial charge in [0.2, 0.25) is 0 Å². The Kier molecular flexibility index (Phi) is 3.71. The highest BCUT2D eigenvalue weighted by Gasteiger charge is 2.43. The minimum absolute atomic E-state index is 0.295. The van der Waals surface area contributed by atoms with Gasteiger partial charge in [-0.1, -0.05) is 12.8 Å². The van der Waals surface area contributed by atoms with Crippen LogP contribution in [0, 0.1) is 0 Å². The molecule has 3 rings (SSSR count). The number of hydrogen-bond acceptors (Lipinski definition) is 3. The van der Waals surface area contributed by atoms with E-state index in [-0.39, 0.29) is 0 Å². The monoisotopic (exact) mass is 278 g/mol. The summed E-state index contributed by atoms with van der Waals surface area (Å²) in [6, 6.07) is 2.27. The van der Waals surface area contributed by atoms with Crippen LogP contribution in [0.15, 0.2) is 16.8 Å². The molecule has 0 bridgehead atoms. The topological polar surface area (TPSA) is 15.3 Å². The van der Waals surface area contributed by atoms with Gasteiger partial charge in [-0.2, -0.15) is 11.3 Å². The smallest absolute Gasteiger partial charge is 0.0309 e. The van der Waals surface area contributed by atoms with Crippen LogP contribution in [-0.4, -0.2) is 35.6 Å². The Balaban J connectivity index is 1.65. The maximum absolute atomic E-state index is 3.87. The van der Waals surface area contributed by atoms with E-state index in [1.165, 1.54) is 50.8 Å². The Morgan fingerprint density at radius 3 is 2.79 bits per heavy atom. The van der Waals surface area contributed by atoms with Crippen LogP contribution in [0.3, 0.4) is 0 Å². The summed E-state index contributed by atoms with van der Waals surface area (Å²) in [6.45, 7) is 8.35. The largest absolute Gasteiger partial charge is 0.308 e. The SMILES string of the molecule is CC1(C)CNC2(CCCC2)CN1CCc1ccsc1. The van der Waals surface area contributed by atoms with Crippen molar-refractivity contribution < 1.29 is 0 Å². The van der Waals surface area contributed by atoms with Gasteiger partial charge in [0.1, 0.15) is 0 Å². The van der Waals surface area contributed by atoms with Gasteiger partial charge in [-0.25, -0.2) is 0 Å². The summed E-state index contributed by atoms with van der Waals surface area (Å²) in [5, 5.41) is 8.35. The van der Waals surface area contributed by atoms with E-state index in [1.807, 2.05) is 11.3 Å². The summed E-state index contributed by atoms with van der Waals surface area (Å²) in [6.07, 6.45) is 6.76. The van der Waals surface area contributed by atoms with Gasteiger partial charge >= 0.3 is 0 Å². The number of piperazine rings is 1. The Morgan fingerprint density at radius 1 is 1.32 bits per heavy atom. The molecule has 1 saturated carbocycles. The highest BCUT2D eigenvalue weighted by molar-refractivity contribution is 7.07. The molecule has 2 fully saturated rings. The van der Waals surface area contributed by atoms with Crippen LogP contribution in [0.4, 0.5) is 0 Å². The van der Waals surface area contributed by atoms with E-state index in [4.69, 9.17) is 0 Å². The standard InChI is InChI=1S/C16H26N2S/c1-15(2)12-17-16(7-3-4-8-16)13-18(15)9-5-14-6-10-19-11-14/h6,10-11,17H,3-5,7-9,12-13H2,1-2H3. The first-order valence-electron chi connectivity index (χ1n) is 7.61. The Bertz CT molecular complexity index is 404. The van der Waals surface area contributed by atoms with Gasteiger partial charge in [0.05, 0.1) is 0 Å². The molecule has 1 aromatic heterocycles. The molecule has 0 amide bonds. The van der Waals surface area contributed by atoms with E-state index in [0.717, 1.165) is 6.54 Å². The zero-order valence-electron chi connectivity index (χ0n) is 12.2. The van der Waals surface area contributed by atoms with Crippen molar-refractivity contribution in [3.8, 4) is 0 Å². The number of rotatable bonds is 3. The van der Waals surface area contributed by atoms with Crippen LogP contribution >= 0.6 is 11.3 Å². The lowest BCUT2D eigenvalue weighted by Gasteiger charge is -2.51. The average molecular weight is 278 g/mol. The van der Waals surface area contributed by atoms with Crippen LogP contribution in [-0.2, 0) is 6.42 Å². The molecule has 106 valence electrons. The highest BCUT2D eigenvalue weighted by Crippen LogP contribution is 2.35. The quantitative estimate of drug-likeness (QED) is 0.913. The normalized spacial score (nSPS) is 26.0. The van der Waals surface area contributed by atoms with Crippen LogP contribution in [0.25, 0.3) is 0 Å². The van der Waals surface area contributed by atoms with Gasteiger partial charge in [-0.3, -0.25) is 4.90 Å². The summed E-state index contributed by atoms with van der Waals surface area (Å²) in [7, 11) is 0. The van der Waals surface area contributed by atoms with Crippen molar-refractivity contribution in [2.75, 3.05) is 19.6 Å². The van der Waals surface area contributed by atoms with Crippen molar-refractivity contribution >= 4 is 11.3 Å². The van der Waals surface area contributed by atoms with E-state index in [0.29, 0.717) is 11.1 Å². The minimum atomic E-state index is 0.295. The van der Waals surface area contributed by atoms with E-state index >= 15 is 0 Å².